The Hall–Kier alpha value is -2.62. The van der Waals surface area contributed by atoms with Crippen molar-refractivity contribution in [1.82, 2.24) is 19.9 Å². The van der Waals surface area contributed by atoms with Gasteiger partial charge in [-0.15, -0.1) is 11.3 Å². The van der Waals surface area contributed by atoms with Crippen molar-refractivity contribution < 1.29 is 14.3 Å². The average Bonchev–Trinajstić information content (AvgIpc) is 3.12. The molecule has 1 saturated heterocycles. The molecule has 0 radical (unpaired) electrons. The van der Waals surface area contributed by atoms with E-state index in [2.05, 4.69) is 22.1 Å². The number of aromatic nitrogens is 3. The van der Waals surface area contributed by atoms with Gasteiger partial charge in [0.2, 0.25) is 0 Å². The van der Waals surface area contributed by atoms with Gasteiger partial charge in [-0.1, -0.05) is 6.07 Å². The molecule has 4 rings (SSSR count). The minimum Gasteiger partial charge on any atom is -0.462 e. The molecule has 1 aliphatic heterocycles. The van der Waals surface area contributed by atoms with Crippen molar-refractivity contribution in [3.8, 4) is 0 Å². The van der Waals surface area contributed by atoms with Crippen LogP contribution >= 0.6 is 11.3 Å². The van der Waals surface area contributed by atoms with Crippen LogP contribution in [0.15, 0.2) is 24.5 Å². The molecule has 3 aromatic heterocycles. The first-order chi connectivity index (χ1) is 15.1. The number of carbonyl (C=O) groups excluding carboxylic acids is 1. The highest BCUT2D eigenvalue weighted by molar-refractivity contribution is 7.20. The van der Waals surface area contributed by atoms with Gasteiger partial charge < -0.3 is 14.8 Å². The van der Waals surface area contributed by atoms with Crippen LogP contribution in [0, 0.1) is 6.92 Å². The summed E-state index contributed by atoms with van der Waals surface area (Å²) in [4.78, 5) is 30.0. The molecule has 0 aromatic carbocycles. The molecule has 0 amide bonds. The summed E-state index contributed by atoms with van der Waals surface area (Å²) >= 11 is 1.36. The van der Waals surface area contributed by atoms with Crippen LogP contribution in [0.4, 0.5) is 5.82 Å². The molecule has 3 aromatic rings. The summed E-state index contributed by atoms with van der Waals surface area (Å²) in [7, 11) is 0. The summed E-state index contributed by atoms with van der Waals surface area (Å²) in [5, 5.41) is 4.39. The number of ether oxygens (including phenoxy) is 2. The normalized spacial score (nSPS) is 15.7. The number of pyridine rings is 1. The Morgan fingerprint density at radius 1 is 1.35 bits per heavy atom. The van der Waals surface area contributed by atoms with Gasteiger partial charge in [0.15, 0.2) is 0 Å². The van der Waals surface area contributed by atoms with E-state index in [0.29, 0.717) is 18.0 Å². The van der Waals surface area contributed by atoms with E-state index in [1.807, 2.05) is 32.2 Å². The second-order valence-corrected chi connectivity index (χ2v) is 8.49. The monoisotopic (exact) mass is 441 g/mol. The third-order valence-corrected chi connectivity index (χ3v) is 6.47. The van der Waals surface area contributed by atoms with Crippen LogP contribution < -0.4 is 5.32 Å². The van der Waals surface area contributed by atoms with Gasteiger partial charge in [-0.05, 0) is 38.0 Å². The quantitative estimate of drug-likeness (QED) is 0.557. The number of esters is 1. The van der Waals surface area contributed by atoms with Gasteiger partial charge in [-0.3, -0.25) is 9.88 Å². The number of anilines is 1. The van der Waals surface area contributed by atoms with Crippen molar-refractivity contribution >= 4 is 33.3 Å². The Balaban J connectivity index is 1.73. The minimum absolute atomic E-state index is 0.00613. The van der Waals surface area contributed by atoms with Gasteiger partial charge in [-0.2, -0.15) is 0 Å². The zero-order valence-electron chi connectivity index (χ0n) is 18.1. The maximum atomic E-state index is 12.5. The molecule has 1 atom stereocenters. The Morgan fingerprint density at radius 2 is 2.16 bits per heavy atom. The predicted octanol–water partition coefficient (Wildman–Crippen LogP) is 3.58. The summed E-state index contributed by atoms with van der Waals surface area (Å²) in [6, 6.07) is 3.94. The van der Waals surface area contributed by atoms with E-state index >= 15 is 0 Å². The Bertz CT molecular complexity index is 1050. The summed E-state index contributed by atoms with van der Waals surface area (Å²) in [5.74, 6) is 1.14. The average molecular weight is 442 g/mol. The SMILES string of the molecule is CCOC(=O)c1sc2nc(CN3CCOCC3)nc(N[C@@H](C)c3cccnc3)c2c1C. The molecule has 1 aliphatic rings. The van der Waals surface area contributed by atoms with Gasteiger partial charge in [0.25, 0.3) is 0 Å². The van der Waals surface area contributed by atoms with Crippen LogP contribution in [0.25, 0.3) is 10.2 Å². The molecule has 8 nitrogen and oxygen atoms in total. The number of aryl methyl sites for hydroxylation is 1. The first kappa shape index (κ1) is 21.6. The molecular weight excluding hydrogens is 414 g/mol. The number of nitrogens with one attached hydrogen (secondary N) is 1. The number of thiophene rings is 1. The van der Waals surface area contributed by atoms with Crippen LogP contribution in [0.2, 0.25) is 0 Å². The van der Waals surface area contributed by atoms with Crippen molar-refractivity contribution in [1.29, 1.82) is 0 Å². The second-order valence-electron chi connectivity index (χ2n) is 7.49. The second kappa shape index (κ2) is 9.67. The van der Waals surface area contributed by atoms with Gasteiger partial charge in [0, 0.05) is 25.5 Å². The van der Waals surface area contributed by atoms with E-state index in [1.54, 1.807) is 6.20 Å². The number of nitrogens with zero attached hydrogens (tertiary/aromatic N) is 4. The highest BCUT2D eigenvalue weighted by atomic mass is 32.1. The van der Waals surface area contributed by atoms with Gasteiger partial charge in [0.05, 0.1) is 37.8 Å². The lowest BCUT2D eigenvalue weighted by atomic mass is 10.1. The lowest BCUT2D eigenvalue weighted by Gasteiger charge is -2.26. The van der Waals surface area contributed by atoms with E-state index in [1.165, 1.54) is 11.3 Å². The Labute approximate surface area is 185 Å². The molecule has 4 heterocycles. The summed E-state index contributed by atoms with van der Waals surface area (Å²) in [5.41, 5.74) is 1.90. The topological polar surface area (TPSA) is 89.5 Å². The molecule has 0 spiro atoms. The summed E-state index contributed by atoms with van der Waals surface area (Å²) in [6.07, 6.45) is 3.60. The highest BCUT2D eigenvalue weighted by Crippen LogP contribution is 2.35. The van der Waals surface area contributed by atoms with Crippen LogP contribution in [-0.2, 0) is 16.0 Å². The largest absolute Gasteiger partial charge is 0.462 e. The molecule has 0 bridgehead atoms. The summed E-state index contributed by atoms with van der Waals surface area (Å²) < 4.78 is 10.7. The minimum atomic E-state index is -0.316. The van der Waals surface area contributed by atoms with Crippen LogP contribution in [0.3, 0.4) is 0 Å². The van der Waals surface area contributed by atoms with Crippen molar-refractivity contribution in [3.63, 3.8) is 0 Å². The Morgan fingerprint density at radius 3 is 2.87 bits per heavy atom. The third kappa shape index (κ3) is 4.84. The molecule has 0 saturated carbocycles. The van der Waals surface area contributed by atoms with Gasteiger partial charge in [0.1, 0.15) is 21.3 Å². The van der Waals surface area contributed by atoms with Crippen molar-refractivity contribution in [2.45, 2.75) is 33.4 Å². The molecule has 0 aliphatic carbocycles. The summed E-state index contributed by atoms with van der Waals surface area (Å²) in [6.45, 7) is 9.93. The van der Waals surface area contributed by atoms with E-state index < -0.39 is 0 Å². The number of carbonyl (C=O) groups is 1. The maximum absolute atomic E-state index is 12.5. The number of morpholine rings is 1. The molecule has 0 unspecified atom stereocenters. The lowest BCUT2D eigenvalue weighted by molar-refractivity contribution is 0.0331. The predicted molar refractivity (Wildman–Crippen MR) is 120 cm³/mol. The first-order valence-electron chi connectivity index (χ1n) is 10.5. The fraction of sp³-hybridized carbons (Fsp3) is 0.455. The highest BCUT2D eigenvalue weighted by Gasteiger charge is 2.23. The number of fused-ring (bicyclic) bond motifs is 1. The third-order valence-electron chi connectivity index (χ3n) is 5.30. The standard InChI is InChI=1S/C22H27N5O3S/c1-4-30-22(28)19-14(2)18-20(24-15(3)16-6-5-7-23-12-16)25-17(26-21(18)31-19)13-27-8-10-29-11-9-27/h5-7,12,15H,4,8-11,13H2,1-3H3,(H,24,25,26)/t15-/m0/s1. The van der Waals surface area contributed by atoms with Crippen molar-refractivity contribution in [3.05, 3.63) is 46.4 Å². The smallest absolute Gasteiger partial charge is 0.348 e. The van der Waals surface area contributed by atoms with E-state index in [0.717, 1.165) is 59.3 Å². The fourth-order valence-corrected chi connectivity index (χ4v) is 4.72. The molecular formula is C22H27N5O3S. The van der Waals surface area contributed by atoms with E-state index in [4.69, 9.17) is 19.4 Å². The zero-order valence-corrected chi connectivity index (χ0v) is 18.9. The number of hydrogen-bond acceptors (Lipinski definition) is 9. The van der Waals surface area contributed by atoms with Crippen molar-refractivity contribution in [2.75, 3.05) is 38.2 Å². The van der Waals surface area contributed by atoms with E-state index in [-0.39, 0.29) is 12.0 Å². The Kier molecular flexibility index (Phi) is 6.74. The molecule has 1 N–H and O–H groups in total. The van der Waals surface area contributed by atoms with Crippen LogP contribution in [0.1, 0.15) is 46.5 Å². The van der Waals surface area contributed by atoms with Crippen molar-refractivity contribution in [2.24, 2.45) is 0 Å². The van der Waals surface area contributed by atoms with Gasteiger partial charge >= 0.3 is 5.97 Å². The van der Waals surface area contributed by atoms with E-state index in [9.17, 15) is 4.79 Å². The lowest BCUT2D eigenvalue weighted by Crippen LogP contribution is -2.36. The molecule has 1 fully saturated rings. The molecule has 31 heavy (non-hydrogen) atoms. The number of rotatable bonds is 7. The molecule has 164 valence electrons. The maximum Gasteiger partial charge on any atom is 0.348 e. The number of hydrogen-bond donors (Lipinski definition) is 1. The first-order valence-corrected chi connectivity index (χ1v) is 11.3. The van der Waals surface area contributed by atoms with Crippen LogP contribution in [0.5, 0.6) is 0 Å². The molecule has 9 heteroatoms. The zero-order chi connectivity index (χ0) is 21.8. The van der Waals surface area contributed by atoms with Gasteiger partial charge in [-0.25, -0.2) is 14.8 Å². The fourth-order valence-electron chi connectivity index (χ4n) is 3.63. The van der Waals surface area contributed by atoms with Crippen LogP contribution in [-0.4, -0.2) is 58.7 Å².